The molecule has 166 valence electrons. The van der Waals surface area contributed by atoms with E-state index < -0.39 is 0 Å². The Morgan fingerprint density at radius 1 is 1.16 bits per heavy atom. The molecule has 7 nitrogen and oxygen atoms in total. The number of carbonyl (C=O) groups excluding carboxylic acids is 1. The first-order chi connectivity index (χ1) is 15.7. The van der Waals surface area contributed by atoms with Crippen LogP contribution in [0.5, 0.6) is 5.88 Å². The number of likely N-dealkylation sites (tertiary alicyclic amines) is 1. The molecule has 4 atom stereocenters. The SMILES string of the molecule is N#Cc1cccc(C(=O)N2C[C@H](Oc3ccccn3)[C@H]3C[C@@H]2CC[C@H]3N2CCOCC2)c1. The van der Waals surface area contributed by atoms with Crippen molar-refractivity contribution in [2.75, 3.05) is 32.8 Å². The van der Waals surface area contributed by atoms with Crippen molar-refractivity contribution in [2.45, 2.75) is 37.5 Å². The molecule has 1 aromatic carbocycles. The zero-order chi connectivity index (χ0) is 21.9. The topological polar surface area (TPSA) is 78.7 Å². The van der Waals surface area contributed by atoms with Crippen LogP contribution in [0.3, 0.4) is 0 Å². The Kier molecular flexibility index (Phi) is 6.06. The highest BCUT2D eigenvalue weighted by Crippen LogP contribution is 2.40. The van der Waals surface area contributed by atoms with Gasteiger partial charge in [0, 0.05) is 48.9 Å². The summed E-state index contributed by atoms with van der Waals surface area (Å²) in [7, 11) is 0. The molecule has 0 spiro atoms. The number of hydrogen-bond donors (Lipinski definition) is 0. The van der Waals surface area contributed by atoms with Gasteiger partial charge in [0.25, 0.3) is 5.91 Å². The van der Waals surface area contributed by atoms with Crippen molar-refractivity contribution in [1.29, 1.82) is 5.26 Å². The molecule has 1 amide bonds. The standard InChI is InChI=1S/C25H28N4O3/c26-16-18-4-3-5-19(14-18)25(30)29-17-23(32-24-6-1-2-9-27-24)21-15-20(29)7-8-22(21)28-10-12-31-13-11-28/h1-6,9,14,20-23H,7-8,10-13,15,17H2/t20-,21-,22+,23-/m0/s1. The van der Waals surface area contributed by atoms with Crippen molar-refractivity contribution < 1.29 is 14.3 Å². The van der Waals surface area contributed by atoms with Gasteiger partial charge in [-0.1, -0.05) is 12.1 Å². The van der Waals surface area contributed by atoms with Gasteiger partial charge >= 0.3 is 0 Å². The van der Waals surface area contributed by atoms with Crippen molar-refractivity contribution in [2.24, 2.45) is 5.92 Å². The molecule has 0 N–H and O–H groups in total. The molecule has 7 heteroatoms. The normalized spacial score (nSPS) is 28.0. The van der Waals surface area contributed by atoms with Crippen LogP contribution in [0.1, 0.15) is 35.2 Å². The minimum Gasteiger partial charge on any atom is -0.472 e. The van der Waals surface area contributed by atoms with E-state index in [0.717, 1.165) is 45.6 Å². The maximum absolute atomic E-state index is 13.5. The maximum atomic E-state index is 13.5. The molecule has 3 aliphatic rings. The summed E-state index contributed by atoms with van der Waals surface area (Å²) < 4.78 is 12.0. The highest BCUT2D eigenvalue weighted by molar-refractivity contribution is 5.95. The van der Waals surface area contributed by atoms with Crippen molar-refractivity contribution in [1.82, 2.24) is 14.8 Å². The first kappa shape index (κ1) is 20.9. The fourth-order valence-corrected chi connectivity index (χ4v) is 5.52. The lowest BCUT2D eigenvalue weighted by molar-refractivity contribution is -0.0742. The van der Waals surface area contributed by atoms with Gasteiger partial charge in [0.15, 0.2) is 0 Å². The van der Waals surface area contributed by atoms with E-state index in [1.165, 1.54) is 0 Å². The number of hydrogen-bond acceptors (Lipinski definition) is 6. The van der Waals surface area contributed by atoms with Crippen LogP contribution < -0.4 is 4.74 Å². The van der Waals surface area contributed by atoms with Gasteiger partial charge in [-0.25, -0.2) is 4.98 Å². The van der Waals surface area contributed by atoms with Crippen LogP contribution in [0.4, 0.5) is 0 Å². The van der Waals surface area contributed by atoms with E-state index in [2.05, 4.69) is 16.0 Å². The second-order valence-electron chi connectivity index (χ2n) is 8.82. The summed E-state index contributed by atoms with van der Waals surface area (Å²) in [6.45, 7) is 3.98. The molecule has 3 heterocycles. The summed E-state index contributed by atoms with van der Waals surface area (Å²) in [5.41, 5.74) is 1.07. The highest BCUT2D eigenvalue weighted by atomic mass is 16.5. The predicted molar refractivity (Wildman–Crippen MR) is 118 cm³/mol. The lowest BCUT2D eigenvalue weighted by Gasteiger charge is -2.53. The number of nitriles is 1. The van der Waals surface area contributed by atoms with E-state index in [1.54, 1.807) is 30.5 Å². The monoisotopic (exact) mass is 432 g/mol. The zero-order valence-electron chi connectivity index (χ0n) is 18.1. The van der Waals surface area contributed by atoms with Crippen LogP contribution in [0.15, 0.2) is 48.7 Å². The zero-order valence-corrected chi connectivity index (χ0v) is 18.1. The van der Waals surface area contributed by atoms with E-state index in [4.69, 9.17) is 9.47 Å². The molecule has 2 aliphatic heterocycles. The number of carbonyl (C=O) groups is 1. The molecule has 2 bridgehead atoms. The molecular formula is C25H28N4O3. The number of morpholine rings is 1. The van der Waals surface area contributed by atoms with Crippen LogP contribution >= 0.6 is 0 Å². The lowest BCUT2D eigenvalue weighted by atomic mass is 9.73. The smallest absolute Gasteiger partial charge is 0.254 e. The van der Waals surface area contributed by atoms with Crippen LogP contribution in [0, 0.1) is 17.2 Å². The second-order valence-corrected chi connectivity index (χ2v) is 8.82. The van der Waals surface area contributed by atoms with Crippen molar-refractivity contribution >= 4 is 5.91 Å². The number of fused-ring (bicyclic) bond motifs is 2. The Bertz CT molecular complexity index is 986. The molecule has 2 saturated heterocycles. The van der Waals surface area contributed by atoms with Crippen LogP contribution in [0.25, 0.3) is 0 Å². The predicted octanol–water partition coefficient (Wildman–Crippen LogP) is 2.73. The van der Waals surface area contributed by atoms with E-state index >= 15 is 0 Å². The number of rotatable bonds is 4. The van der Waals surface area contributed by atoms with Gasteiger partial charge in [0.1, 0.15) is 6.10 Å². The summed E-state index contributed by atoms with van der Waals surface area (Å²) in [6, 6.07) is 15.4. The number of ether oxygens (including phenoxy) is 2. The molecular weight excluding hydrogens is 404 g/mol. The molecule has 32 heavy (non-hydrogen) atoms. The van der Waals surface area contributed by atoms with E-state index in [-0.39, 0.29) is 18.1 Å². The number of nitrogens with zero attached hydrogens (tertiary/aromatic N) is 4. The Balaban J connectivity index is 1.41. The first-order valence-corrected chi connectivity index (χ1v) is 11.4. The molecule has 5 rings (SSSR count). The Hall–Kier alpha value is -2.95. The fourth-order valence-electron chi connectivity index (χ4n) is 5.52. The number of amides is 1. The van der Waals surface area contributed by atoms with E-state index in [1.807, 2.05) is 23.1 Å². The highest BCUT2D eigenvalue weighted by Gasteiger charge is 2.47. The number of benzene rings is 1. The van der Waals surface area contributed by atoms with Gasteiger partial charge in [-0.2, -0.15) is 5.26 Å². The van der Waals surface area contributed by atoms with Crippen molar-refractivity contribution in [3.05, 3.63) is 59.8 Å². The lowest BCUT2D eigenvalue weighted by Crippen LogP contribution is -2.63. The molecule has 0 radical (unpaired) electrons. The van der Waals surface area contributed by atoms with Gasteiger partial charge in [-0.15, -0.1) is 0 Å². The molecule has 1 saturated carbocycles. The molecule has 1 aliphatic carbocycles. The summed E-state index contributed by atoms with van der Waals surface area (Å²) in [5, 5.41) is 9.24. The third-order valence-electron chi connectivity index (χ3n) is 7.05. The summed E-state index contributed by atoms with van der Waals surface area (Å²) in [5.74, 6) is 0.912. The molecule has 2 aromatic rings. The fraction of sp³-hybridized carbons (Fsp3) is 0.480. The van der Waals surface area contributed by atoms with Gasteiger partial charge < -0.3 is 14.4 Å². The average Bonchev–Trinajstić information content (AvgIpc) is 2.86. The van der Waals surface area contributed by atoms with E-state index in [0.29, 0.717) is 35.5 Å². The van der Waals surface area contributed by atoms with Gasteiger partial charge in [-0.05, 0) is 43.5 Å². The Morgan fingerprint density at radius 2 is 2.03 bits per heavy atom. The Labute approximate surface area is 188 Å². The largest absolute Gasteiger partial charge is 0.472 e. The second kappa shape index (κ2) is 9.27. The third-order valence-corrected chi connectivity index (χ3v) is 7.05. The van der Waals surface area contributed by atoms with Crippen molar-refractivity contribution in [3.63, 3.8) is 0 Å². The maximum Gasteiger partial charge on any atom is 0.254 e. The first-order valence-electron chi connectivity index (χ1n) is 11.4. The Morgan fingerprint density at radius 3 is 2.81 bits per heavy atom. The third kappa shape index (κ3) is 4.21. The van der Waals surface area contributed by atoms with Crippen LogP contribution in [-0.2, 0) is 4.74 Å². The minimum absolute atomic E-state index is 0.0232. The molecule has 3 fully saturated rings. The van der Waals surface area contributed by atoms with E-state index in [9.17, 15) is 10.1 Å². The van der Waals surface area contributed by atoms with Gasteiger partial charge in [0.05, 0.1) is 31.4 Å². The summed E-state index contributed by atoms with van der Waals surface area (Å²) in [6.07, 6.45) is 4.55. The molecule has 0 unspecified atom stereocenters. The van der Waals surface area contributed by atoms with Gasteiger partial charge in [0.2, 0.25) is 5.88 Å². The average molecular weight is 433 g/mol. The minimum atomic E-state index is -0.127. The van der Waals surface area contributed by atoms with Crippen molar-refractivity contribution in [3.8, 4) is 11.9 Å². The number of aromatic nitrogens is 1. The number of piperidine rings is 1. The van der Waals surface area contributed by atoms with Crippen LogP contribution in [-0.4, -0.2) is 71.7 Å². The summed E-state index contributed by atoms with van der Waals surface area (Å²) >= 11 is 0. The summed E-state index contributed by atoms with van der Waals surface area (Å²) in [4.78, 5) is 22.4. The van der Waals surface area contributed by atoms with Gasteiger partial charge in [-0.3, -0.25) is 9.69 Å². The molecule has 1 aromatic heterocycles. The number of pyridine rings is 1. The van der Waals surface area contributed by atoms with Crippen LogP contribution in [0.2, 0.25) is 0 Å². The quantitative estimate of drug-likeness (QED) is 0.739.